The van der Waals surface area contributed by atoms with Crippen LogP contribution < -0.4 is 5.32 Å². The second kappa shape index (κ2) is 6.79. The molecule has 4 heterocycles. The van der Waals surface area contributed by atoms with Gasteiger partial charge in [0.2, 0.25) is 0 Å². The minimum Gasteiger partial charge on any atom is -0.387 e. The maximum absolute atomic E-state index is 12.9. The van der Waals surface area contributed by atoms with Crippen LogP contribution >= 0.6 is 0 Å². The second-order valence-electron chi connectivity index (χ2n) is 6.28. The van der Waals surface area contributed by atoms with Gasteiger partial charge in [-0.2, -0.15) is 0 Å². The minimum atomic E-state index is -1.30. The summed E-state index contributed by atoms with van der Waals surface area (Å²) in [6.07, 6.45) is 0.0181. The first-order chi connectivity index (χ1) is 12.2. The van der Waals surface area contributed by atoms with Gasteiger partial charge in [0.25, 0.3) is 0 Å². The van der Waals surface area contributed by atoms with Crippen LogP contribution in [0.5, 0.6) is 0 Å². The molecule has 4 rings (SSSR count). The highest BCUT2D eigenvalue weighted by Crippen LogP contribution is 2.32. The predicted molar refractivity (Wildman–Crippen MR) is 84.7 cm³/mol. The number of alkyl halides is 1. The lowest BCUT2D eigenvalue weighted by molar-refractivity contribution is -0.0409. The number of imidazole rings is 1. The van der Waals surface area contributed by atoms with Gasteiger partial charge < -0.3 is 25.0 Å². The van der Waals surface area contributed by atoms with Gasteiger partial charge in [-0.15, -0.1) is 0 Å². The Hall–Kier alpha value is -1.88. The number of halogens is 1. The summed E-state index contributed by atoms with van der Waals surface area (Å²) in [5.74, 6) is 0.589. The zero-order chi connectivity index (χ0) is 17.4. The van der Waals surface area contributed by atoms with Crippen LogP contribution in [0, 0.1) is 0 Å². The van der Waals surface area contributed by atoms with Crippen molar-refractivity contribution in [3.8, 4) is 0 Å². The van der Waals surface area contributed by atoms with E-state index in [0.29, 0.717) is 30.2 Å². The topological polar surface area (TPSA) is 115 Å². The smallest absolute Gasteiger partial charge is 0.167 e. The summed E-state index contributed by atoms with van der Waals surface area (Å²) in [5.41, 5.74) is 0.975. The van der Waals surface area contributed by atoms with Crippen molar-refractivity contribution in [2.75, 3.05) is 25.2 Å². The van der Waals surface area contributed by atoms with Crippen molar-refractivity contribution in [3.05, 3.63) is 12.7 Å². The highest BCUT2D eigenvalue weighted by atomic mass is 19.1. The third-order valence-electron chi connectivity index (χ3n) is 4.68. The fraction of sp³-hybridized carbons (Fsp3) is 0.667. The third-order valence-corrected chi connectivity index (χ3v) is 4.68. The molecule has 9 nitrogen and oxygen atoms in total. The first-order valence-electron chi connectivity index (χ1n) is 8.28. The summed E-state index contributed by atoms with van der Waals surface area (Å²) < 4.78 is 25.2. The minimum absolute atomic E-state index is 0.239. The molecule has 4 atom stereocenters. The summed E-state index contributed by atoms with van der Waals surface area (Å²) >= 11 is 0. The average molecular weight is 353 g/mol. The van der Waals surface area contributed by atoms with Gasteiger partial charge in [-0.05, 0) is 12.8 Å². The molecule has 0 saturated carbocycles. The van der Waals surface area contributed by atoms with E-state index >= 15 is 0 Å². The van der Waals surface area contributed by atoms with E-state index in [1.54, 1.807) is 0 Å². The fourth-order valence-electron chi connectivity index (χ4n) is 3.27. The van der Waals surface area contributed by atoms with Crippen molar-refractivity contribution in [3.63, 3.8) is 0 Å². The summed E-state index contributed by atoms with van der Waals surface area (Å²) in [5, 5.41) is 23.4. The van der Waals surface area contributed by atoms with E-state index in [9.17, 15) is 14.6 Å². The molecule has 0 aliphatic carbocycles. The predicted octanol–water partition coefficient (Wildman–Crippen LogP) is 0.00590. The number of aromatic nitrogens is 4. The SMILES string of the molecule is OC1C(O)[C@@H](CF)O[C@H]1n1cnc2c(NC3CCOCC3)ncnc21. The van der Waals surface area contributed by atoms with Gasteiger partial charge in [0.1, 0.15) is 31.3 Å². The van der Waals surface area contributed by atoms with Crippen LogP contribution in [0.25, 0.3) is 11.2 Å². The van der Waals surface area contributed by atoms with Crippen molar-refractivity contribution in [2.24, 2.45) is 0 Å². The average Bonchev–Trinajstić information content (AvgIpc) is 3.18. The van der Waals surface area contributed by atoms with Gasteiger partial charge in [-0.25, -0.2) is 19.3 Å². The van der Waals surface area contributed by atoms with Crippen molar-refractivity contribution in [2.45, 2.75) is 43.4 Å². The summed E-state index contributed by atoms with van der Waals surface area (Å²) in [4.78, 5) is 12.8. The van der Waals surface area contributed by atoms with Crippen LogP contribution in [0.3, 0.4) is 0 Å². The van der Waals surface area contributed by atoms with Crippen molar-refractivity contribution in [1.82, 2.24) is 19.5 Å². The number of aliphatic hydroxyl groups is 2. The Labute approximate surface area is 142 Å². The highest BCUT2D eigenvalue weighted by Gasteiger charge is 2.44. The lowest BCUT2D eigenvalue weighted by atomic mass is 10.1. The maximum Gasteiger partial charge on any atom is 0.167 e. The van der Waals surface area contributed by atoms with Gasteiger partial charge in [0.05, 0.1) is 6.33 Å². The molecule has 0 spiro atoms. The first kappa shape index (κ1) is 16.6. The molecule has 2 aliphatic rings. The Morgan fingerprint density at radius 2 is 2.00 bits per heavy atom. The Balaban J connectivity index is 1.62. The molecule has 25 heavy (non-hydrogen) atoms. The van der Waals surface area contributed by atoms with E-state index in [4.69, 9.17) is 9.47 Å². The number of aliphatic hydroxyl groups excluding tert-OH is 2. The number of hydrogen-bond donors (Lipinski definition) is 3. The molecule has 0 bridgehead atoms. The molecule has 2 aromatic heterocycles. The van der Waals surface area contributed by atoms with Crippen molar-refractivity contribution < 1.29 is 24.1 Å². The molecule has 2 unspecified atom stereocenters. The molecule has 2 saturated heterocycles. The molecular formula is C15H20FN5O4. The first-order valence-corrected chi connectivity index (χ1v) is 8.28. The van der Waals surface area contributed by atoms with E-state index in [1.165, 1.54) is 17.2 Å². The van der Waals surface area contributed by atoms with Crippen molar-refractivity contribution >= 4 is 17.0 Å². The van der Waals surface area contributed by atoms with Crippen LogP contribution in [0.1, 0.15) is 19.1 Å². The molecule has 0 amide bonds. The van der Waals surface area contributed by atoms with Gasteiger partial charge in [-0.3, -0.25) is 4.57 Å². The third kappa shape index (κ3) is 2.95. The Morgan fingerprint density at radius 1 is 1.20 bits per heavy atom. The van der Waals surface area contributed by atoms with Crippen LogP contribution in [-0.4, -0.2) is 74.0 Å². The van der Waals surface area contributed by atoms with Gasteiger partial charge in [0.15, 0.2) is 23.2 Å². The Morgan fingerprint density at radius 3 is 2.72 bits per heavy atom. The largest absolute Gasteiger partial charge is 0.387 e. The van der Waals surface area contributed by atoms with E-state index in [-0.39, 0.29) is 6.04 Å². The number of fused-ring (bicyclic) bond motifs is 1. The number of ether oxygens (including phenoxy) is 2. The molecule has 2 fully saturated rings. The summed E-state index contributed by atoms with van der Waals surface area (Å²) in [7, 11) is 0. The Bertz CT molecular complexity index is 738. The van der Waals surface area contributed by atoms with Crippen LogP contribution in [0.4, 0.5) is 10.2 Å². The zero-order valence-electron chi connectivity index (χ0n) is 13.5. The molecule has 0 aromatic carbocycles. The fourth-order valence-corrected chi connectivity index (χ4v) is 3.27. The monoisotopic (exact) mass is 353 g/mol. The summed E-state index contributed by atoms with van der Waals surface area (Å²) in [6.45, 7) is 0.517. The lowest BCUT2D eigenvalue weighted by Gasteiger charge is -2.23. The van der Waals surface area contributed by atoms with E-state index < -0.39 is 31.2 Å². The molecule has 10 heteroatoms. The number of nitrogens with one attached hydrogen (secondary N) is 1. The van der Waals surface area contributed by atoms with E-state index in [2.05, 4.69) is 20.3 Å². The number of anilines is 1. The lowest BCUT2D eigenvalue weighted by Crippen LogP contribution is -2.32. The number of hydrogen-bond acceptors (Lipinski definition) is 8. The van der Waals surface area contributed by atoms with E-state index in [1.807, 2.05) is 0 Å². The molecule has 0 radical (unpaired) electrons. The normalized spacial score (nSPS) is 30.8. The van der Waals surface area contributed by atoms with Gasteiger partial charge >= 0.3 is 0 Å². The standard InChI is InChI=1S/C15H20FN5O4/c16-5-9-11(22)12(23)15(25-9)21-7-19-10-13(17-6-18-14(10)21)20-8-1-3-24-4-2-8/h6-9,11-12,15,22-23H,1-5H2,(H,17,18,20)/t9-,11?,12?,15-/m1/s1. The number of nitrogens with zero attached hydrogens (tertiary/aromatic N) is 4. The quantitative estimate of drug-likeness (QED) is 0.704. The van der Waals surface area contributed by atoms with Crippen LogP contribution in [0.15, 0.2) is 12.7 Å². The maximum atomic E-state index is 12.9. The van der Waals surface area contributed by atoms with Gasteiger partial charge in [-0.1, -0.05) is 0 Å². The van der Waals surface area contributed by atoms with Crippen LogP contribution in [-0.2, 0) is 9.47 Å². The molecular weight excluding hydrogens is 333 g/mol. The molecule has 2 aromatic rings. The molecule has 3 N–H and O–H groups in total. The molecule has 136 valence electrons. The molecule has 2 aliphatic heterocycles. The second-order valence-corrected chi connectivity index (χ2v) is 6.28. The number of rotatable bonds is 4. The zero-order valence-corrected chi connectivity index (χ0v) is 13.5. The van der Waals surface area contributed by atoms with Crippen molar-refractivity contribution in [1.29, 1.82) is 0 Å². The summed E-state index contributed by atoms with van der Waals surface area (Å²) in [6, 6.07) is 0.239. The van der Waals surface area contributed by atoms with E-state index in [0.717, 1.165) is 12.8 Å². The van der Waals surface area contributed by atoms with Gasteiger partial charge in [0, 0.05) is 19.3 Å². The Kier molecular flexibility index (Phi) is 4.50. The van der Waals surface area contributed by atoms with Crippen LogP contribution in [0.2, 0.25) is 0 Å². The highest BCUT2D eigenvalue weighted by molar-refractivity contribution is 5.82.